The van der Waals surface area contributed by atoms with Gasteiger partial charge in [-0.05, 0) is 25.3 Å². The van der Waals surface area contributed by atoms with Crippen LogP contribution in [0, 0.1) is 25.7 Å². The molecule has 3 nitrogen and oxygen atoms in total. The molecule has 17 heavy (non-hydrogen) atoms. The van der Waals surface area contributed by atoms with Crippen LogP contribution in [0.15, 0.2) is 17.8 Å². The molecule has 2 aromatic rings. The Labute approximate surface area is 105 Å². The molecule has 0 aliphatic carbocycles. The van der Waals surface area contributed by atoms with E-state index in [1.807, 2.05) is 19.3 Å². The van der Waals surface area contributed by atoms with Crippen molar-refractivity contribution < 1.29 is 0 Å². The number of aryl methyl sites for hydroxylation is 1. The Bertz CT molecular complexity index is 569. The average molecular weight is 245 g/mol. The highest BCUT2D eigenvalue weighted by Crippen LogP contribution is 2.18. The van der Waals surface area contributed by atoms with Crippen LogP contribution in [0.25, 0.3) is 0 Å². The van der Waals surface area contributed by atoms with Gasteiger partial charge in [0.2, 0.25) is 0 Å². The average Bonchev–Trinajstić information content (AvgIpc) is 2.89. The summed E-state index contributed by atoms with van der Waals surface area (Å²) in [5.74, 6) is 6.00. The fraction of sp³-hybridized carbons (Fsp3) is 0.308. The molecule has 2 N–H and O–H groups in total. The summed E-state index contributed by atoms with van der Waals surface area (Å²) in [6.07, 6.45) is 1.88. The minimum Gasteiger partial charge on any atom is -0.329 e. The lowest BCUT2D eigenvalue weighted by Crippen LogP contribution is -2.00. The zero-order valence-corrected chi connectivity index (χ0v) is 10.8. The van der Waals surface area contributed by atoms with Crippen molar-refractivity contribution >= 4 is 11.3 Å². The van der Waals surface area contributed by atoms with E-state index in [-0.39, 0.29) is 0 Å². The Balaban J connectivity index is 2.25. The third kappa shape index (κ3) is 2.57. The molecule has 0 saturated heterocycles. The van der Waals surface area contributed by atoms with Crippen LogP contribution in [0.3, 0.4) is 0 Å². The van der Waals surface area contributed by atoms with E-state index in [1.54, 1.807) is 11.3 Å². The summed E-state index contributed by atoms with van der Waals surface area (Å²) in [6.45, 7) is 5.34. The van der Waals surface area contributed by atoms with Crippen LogP contribution in [0.1, 0.15) is 21.8 Å². The molecule has 2 heterocycles. The van der Waals surface area contributed by atoms with Gasteiger partial charge in [0.25, 0.3) is 0 Å². The molecule has 0 aromatic carbocycles. The van der Waals surface area contributed by atoms with E-state index in [0.29, 0.717) is 6.54 Å². The van der Waals surface area contributed by atoms with Crippen molar-refractivity contribution in [1.82, 2.24) is 9.55 Å². The Morgan fingerprint density at radius 2 is 2.29 bits per heavy atom. The molecule has 2 aromatic heterocycles. The third-order valence-corrected chi connectivity index (χ3v) is 3.64. The molecule has 0 amide bonds. The standard InChI is InChI=1S/C13H15N3S/c1-10-11(2)16(9-15-10)8-13-12(4-3-6-14)5-7-17-13/h5,7,9H,6,8,14H2,1-2H3. The number of nitrogens with two attached hydrogens (primary N) is 1. The Kier molecular flexibility index (Phi) is 3.62. The maximum Gasteiger partial charge on any atom is 0.0954 e. The van der Waals surface area contributed by atoms with Crippen molar-refractivity contribution in [3.63, 3.8) is 0 Å². The number of thiophene rings is 1. The second kappa shape index (κ2) is 5.17. The van der Waals surface area contributed by atoms with E-state index in [0.717, 1.165) is 17.8 Å². The topological polar surface area (TPSA) is 43.8 Å². The number of aromatic nitrogens is 2. The molecule has 0 radical (unpaired) electrons. The maximum absolute atomic E-state index is 5.39. The molecule has 0 saturated carbocycles. The molecule has 4 heteroatoms. The number of nitrogens with zero attached hydrogens (tertiary/aromatic N) is 2. The van der Waals surface area contributed by atoms with Crippen molar-refractivity contribution in [2.24, 2.45) is 5.73 Å². The summed E-state index contributed by atoms with van der Waals surface area (Å²) >= 11 is 1.72. The molecule has 0 atom stereocenters. The minimum absolute atomic E-state index is 0.401. The predicted octanol–water partition coefficient (Wildman–Crippen LogP) is 1.92. The van der Waals surface area contributed by atoms with Crippen molar-refractivity contribution in [3.05, 3.63) is 39.6 Å². The van der Waals surface area contributed by atoms with Crippen molar-refractivity contribution in [2.45, 2.75) is 20.4 Å². The molecule has 2 rings (SSSR count). The van der Waals surface area contributed by atoms with Gasteiger partial charge in [-0.1, -0.05) is 11.8 Å². The van der Waals surface area contributed by atoms with Gasteiger partial charge < -0.3 is 10.3 Å². The predicted molar refractivity (Wildman–Crippen MR) is 71.1 cm³/mol. The van der Waals surface area contributed by atoms with Crippen LogP contribution < -0.4 is 5.73 Å². The molecule has 88 valence electrons. The summed E-state index contributed by atoms with van der Waals surface area (Å²) in [6, 6.07) is 2.04. The summed E-state index contributed by atoms with van der Waals surface area (Å²) in [5, 5.41) is 2.06. The fourth-order valence-electron chi connectivity index (χ4n) is 1.58. The summed E-state index contributed by atoms with van der Waals surface area (Å²) < 4.78 is 2.15. The van der Waals surface area contributed by atoms with Gasteiger partial charge in [0.05, 0.1) is 25.1 Å². The van der Waals surface area contributed by atoms with Gasteiger partial charge in [-0.3, -0.25) is 0 Å². The normalized spacial score (nSPS) is 10.1. The second-order valence-corrected chi connectivity index (χ2v) is 4.81. The van der Waals surface area contributed by atoms with Crippen LogP contribution in [-0.4, -0.2) is 16.1 Å². The molecular weight excluding hydrogens is 230 g/mol. The molecule has 0 aliphatic rings. The highest BCUT2D eigenvalue weighted by atomic mass is 32.1. The molecule has 0 fully saturated rings. The summed E-state index contributed by atoms with van der Waals surface area (Å²) in [5.41, 5.74) is 8.75. The third-order valence-electron chi connectivity index (χ3n) is 2.73. The quantitative estimate of drug-likeness (QED) is 0.821. The number of imidazole rings is 1. The monoisotopic (exact) mass is 245 g/mol. The van der Waals surface area contributed by atoms with Crippen molar-refractivity contribution in [2.75, 3.05) is 6.54 Å². The van der Waals surface area contributed by atoms with Gasteiger partial charge in [-0.15, -0.1) is 11.3 Å². The van der Waals surface area contributed by atoms with E-state index in [1.165, 1.54) is 10.6 Å². The van der Waals surface area contributed by atoms with E-state index in [9.17, 15) is 0 Å². The Morgan fingerprint density at radius 1 is 1.47 bits per heavy atom. The van der Waals surface area contributed by atoms with Gasteiger partial charge >= 0.3 is 0 Å². The van der Waals surface area contributed by atoms with Crippen LogP contribution in [0.2, 0.25) is 0 Å². The lowest BCUT2D eigenvalue weighted by molar-refractivity contribution is 0.778. The first kappa shape index (κ1) is 11.9. The van der Waals surface area contributed by atoms with Gasteiger partial charge in [0.1, 0.15) is 0 Å². The highest BCUT2D eigenvalue weighted by molar-refractivity contribution is 7.10. The van der Waals surface area contributed by atoms with E-state index in [4.69, 9.17) is 5.73 Å². The van der Waals surface area contributed by atoms with Crippen LogP contribution in [0.4, 0.5) is 0 Å². The largest absolute Gasteiger partial charge is 0.329 e. The molecule has 0 unspecified atom stereocenters. The molecular formula is C13H15N3S. The summed E-state index contributed by atoms with van der Waals surface area (Å²) in [7, 11) is 0. The number of hydrogen-bond donors (Lipinski definition) is 1. The number of hydrogen-bond acceptors (Lipinski definition) is 3. The second-order valence-electron chi connectivity index (χ2n) is 3.81. The Morgan fingerprint density at radius 3 is 2.94 bits per heavy atom. The minimum atomic E-state index is 0.401. The van der Waals surface area contributed by atoms with Crippen molar-refractivity contribution in [3.8, 4) is 11.8 Å². The highest BCUT2D eigenvalue weighted by Gasteiger charge is 2.06. The van der Waals surface area contributed by atoms with Crippen LogP contribution in [0.5, 0.6) is 0 Å². The zero-order valence-electron chi connectivity index (χ0n) is 10.0. The molecule has 0 bridgehead atoms. The smallest absolute Gasteiger partial charge is 0.0954 e. The van der Waals surface area contributed by atoms with E-state index in [2.05, 4.69) is 33.7 Å². The van der Waals surface area contributed by atoms with Crippen molar-refractivity contribution in [1.29, 1.82) is 0 Å². The first-order valence-corrected chi connectivity index (χ1v) is 6.34. The number of rotatable bonds is 2. The van der Waals surface area contributed by atoms with Gasteiger partial charge in [-0.2, -0.15) is 0 Å². The molecule has 0 aliphatic heterocycles. The summed E-state index contributed by atoms with van der Waals surface area (Å²) in [4.78, 5) is 5.56. The SMILES string of the molecule is Cc1ncn(Cc2sccc2C#CCN)c1C. The maximum atomic E-state index is 5.39. The van der Waals surface area contributed by atoms with E-state index >= 15 is 0 Å². The lowest BCUT2D eigenvalue weighted by Gasteiger charge is -2.04. The first-order chi connectivity index (χ1) is 8.22. The molecule has 0 spiro atoms. The van der Waals surface area contributed by atoms with E-state index < -0.39 is 0 Å². The van der Waals surface area contributed by atoms with Crippen LogP contribution in [-0.2, 0) is 6.54 Å². The first-order valence-electron chi connectivity index (χ1n) is 5.46. The fourth-order valence-corrected chi connectivity index (χ4v) is 2.41. The van der Waals surface area contributed by atoms with Gasteiger partial charge in [-0.25, -0.2) is 4.98 Å². The van der Waals surface area contributed by atoms with Gasteiger partial charge in [0.15, 0.2) is 0 Å². The van der Waals surface area contributed by atoms with Crippen LogP contribution >= 0.6 is 11.3 Å². The lowest BCUT2D eigenvalue weighted by atomic mass is 10.2. The van der Waals surface area contributed by atoms with Gasteiger partial charge in [0, 0.05) is 16.1 Å². The zero-order chi connectivity index (χ0) is 12.3. The Hall–Kier alpha value is -1.57.